The third kappa shape index (κ3) is 3.33. The summed E-state index contributed by atoms with van der Waals surface area (Å²) in [5.41, 5.74) is 4.99. The van der Waals surface area contributed by atoms with Crippen LogP contribution in [0.5, 0.6) is 0 Å². The van der Waals surface area contributed by atoms with E-state index in [1.54, 1.807) is 0 Å². The average molecular weight is 518 g/mol. The summed E-state index contributed by atoms with van der Waals surface area (Å²) in [4.78, 5) is 32.2. The van der Waals surface area contributed by atoms with E-state index in [-0.39, 0.29) is 23.7 Å². The maximum absolute atomic E-state index is 15.3. The summed E-state index contributed by atoms with van der Waals surface area (Å²) < 4.78 is 0. The Morgan fingerprint density at radius 1 is 0.923 bits per heavy atom. The Labute approximate surface area is 230 Å². The van der Waals surface area contributed by atoms with E-state index in [0.717, 1.165) is 59.3 Å². The molecule has 39 heavy (non-hydrogen) atoms. The highest BCUT2D eigenvalue weighted by Crippen LogP contribution is 2.67. The molecule has 5 nitrogen and oxygen atoms in total. The number of amides is 1. The number of benzene rings is 3. The van der Waals surface area contributed by atoms with Gasteiger partial charge in [-0.25, -0.2) is 0 Å². The minimum atomic E-state index is -1.07. The summed E-state index contributed by atoms with van der Waals surface area (Å²) in [6.45, 7) is 5.95. The van der Waals surface area contributed by atoms with Gasteiger partial charge in [-0.2, -0.15) is 0 Å². The van der Waals surface area contributed by atoms with Gasteiger partial charge in [0.15, 0.2) is 5.78 Å². The molecule has 3 aromatic rings. The number of fused-ring (bicyclic) bond motifs is 5. The third-order valence-electron chi connectivity index (χ3n) is 9.64. The summed E-state index contributed by atoms with van der Waals surface area (Å²) in [5, 5.41) is 6.89. The lowest BCUT2D eigenvalue weighted by atomic mass is 9.55. The number of para-hydroxylation sites is 1. The zero-order valence-corrected chi connectivity index (χ0v) is 22.7. The molecule has 0 saturated carbocycles. The smallest absolute Gasteiger partial charge is 0.250 e. The quantitative estimate of drug-likeness (QED) is 0.450. The number of nitrogens with zero attached hydrogens (tertiary/aromatic N) is 1. The number of carbonyl (C=O) groups is 2. The zero-order valence-electron chi connectivity index (χ0n) is 22.7. The number of hydrogen-bond acceptors (Lipinski definition) is 4. The molecule has 4 heterocycles. The first-order valence-electron chi connectivity index (χ1n) is 14.2. The fourth-order valence-corrected chi connectivity index (χ4v) is 8.33. The van der Waals surface area contributed by atoms with Gasteiger partial charge in [-0.05, 0) is 56.5 Å². The summed E-state index contributed by atoms with van der Waals surface area (Å²) in [7, 11) is 0. The van der Waals surface area contributed by atoms with E-state index in [9.17, 15) is 4.79 Å². The molecule has 3 fully saturated rings. The number of Topliss-reactive ketones (excluding diaryl/α,β-unsaturated/α-hetero) is 1. The maximum atomic E-state index is 15.3. The molecule has 5 heteroatoms. The van der Waals surface area contributed by atoms with E-state index in [4.69, 9.17) is 0 Å². The van der Waals surface area contributed by atoms with E-state index in [1.807, 2.05) is 30.3 Å². The van der Waals surface area contributed by atoms with Crippen LogP contribution in [0.4, 0.5) is 5.69 Å². The van der Waals surface area contributed by atoms with Gasteiger partial charge in [0, 0.05) is 41.9 Å². The fraction of sp³-hybridized carbons (Fsp3) is 0.353. The van der Waals surface area contributed by atoms with Crippen molar-refractivity contribution in [1.82, 2.24) is 10.2 Å². The second-order valence-electron chi connectivity index (χ2n) is 11.8. The largest absolute Gasteiger partial charge is 0.324 e. The van der Waals surface area contributed by atoms with Gasteiger partial charge in [0.2, 0.25) is 0 Å². The third-order valence-corrected chi connectivity index (χ3v) is 9.64. The van der Waals surface area contributed by atoms with Gasteiger partial charge in [0.1, 0.15) is 5.54 Å². The Hall–Kier alpha value is -3.54. The molecule has 4 aliphatic heterocycles. The molecule has 2 spiro atoms. The molecular formula is C34H35N3O2. The molecule has 0 aromatic heterocycles. The number of carbonyl (C=O) groups excluding carboxylic acids is 2. The van der Waals surface area contributed by atoms with Crippen molar-refractivity contribution in [2.24, 2.45) is 5.41 Å². The van der Waals surface area contributed by atoms with Crippen LogP contribution in [0.3, 0.4) is 0 Å². The molecule has 0 radical (unpaired) electrons. The summed E-state index contributed by atoms with van der Waals surface area (Å²) in [6, 6.07) is 25.0. The van der Waals surface area contributed by atoms with Gasteiger partial charge in [-0.15, -0.1) is 0 Å². The van der Waals surface area contributed by atoms with Crippen LogP contribution in [0.1, 0.15) is 53.0 Å². The van der Waals surface area contributed by atoms with Crippen LogP contribution in [0.2, 0.25) is 0 Å². The molecule has 4 atom stereocenters. The monoisotopic (exact) mass is 517 g/mol. The number of hydrogen-bond donors (Lipinski definition) is 2. The van der Waals surface area contributed by atoms with Crippen LogP contribution < -0.4 is 10.6 Å². The van der Waals surface area contributed by atoms with Crippen LogP contribution in [0, 0.1) is 19.3 Å². The molecule has 7 rings (SSSR count). The molecule has 2 N–H and O–H groups in total. The molecule has 4 aliphatic rings. The van der Waals surface area contributed by atoms with Crippen molar-refractivity contribution >= 4 is 23.5 Å². The second-order valence-corrected chi connectivity index (χ2v) is 11.8. The summed E-state index contributed by atoms with van der Waals surface area (Å²) in [6.07, 6.45) is 5.15. The molecule has 0 bridgehead atoms. The van der Waals surface area contributed by atoms with E-state index in [1.165, 1.54) is 5.56 Å². The molecular weight excluding hydrogens is 482 g/mol. The van der Waals surface area contributed by atoms with Crippen LogP contribution in [0.25, 0.3) is 6.08 Å². The van der Waals surface area contributed by atoms with Crippen LogP contribution in [0.15, 0.2) is 78.4 Å². The van der Waals surface area contributed by atoms with Crippen molar-refractivity contribution < 1.29 is 9.59 Å². The summed E-state index contributed by atoms with van der Waals surface area (Å²) >= 11 is 0. The first kappa shape index (κ1) is 24.5. The lowest BCUT2D eigenvalue weighted by Crippen LogP contribution is -2.65. The van der Waals surface area contributed by atoms with Gasteiger partial charge in [-0.1, -0.05) is 84.3 Å². The topological polar surface area (TPSA) is 61.4 Å². The van der Waals surface area contributed by atoms with Crippen molar-refractivity contribution in [2.45, 2.75) is 50.6 Å². The van der Waals surface area contributed by atoms with Gasteiger partial charge in [0.05, 0.1) is 5.41 Å². The average Bonchev–Trinajstić information content (AvgIpc) is 3.38. The Kier molecular flexibility index (Phi) is 5.66. The normalized spacial score (nSPS) is 31.1. The second kappa shape index (κ2) is 9.00. The number of ketones is 1. The van der Waals surface area contributed by atoms with Crippen LogP contribution in [-0.4, -0.2) is 42.3 Å². The number of aryl methyl sites for hydroxylation is 2. The predicted octanol–water partition coefficient (Wildman–Crippen LogP) is 5.35. The predicted molar refractivity (Wildman–Crippen MR) is 154 cm³/mol. The van der Waals surface area contributed by atoms with Crippen molar-refractivity contribution in [3.05, 3.63) is 106 Å². The Bertz CT molecular complexity index is 1530. The number of nitrogens with one attached hydrogen (secondary N) is 2. The molecule has 3 saturated heterocycles. The minimum Gasteiger partial charge on any atom is -0.324 e. The highest BCUT2D eigenvalue weighted by atomic mass is 16.2. The number of anilines is 1. The van der Waals surface area contributed by atoms with Crippen molar-refractivity contribution in [3.63, 3.8) is 0 Å². The van der Waals surface area contributed by atoms with Gasteiger partial charge in [-0.3, -0.25) is 14.5 Å². The molecule has 1 unspecified atom stereocenters. The van der Waals surface area contributed by atoms with Crippen molar-refractivity contribution in [3.8, 4) is 0 Å². The van der Waals surface area contributed by atoms with Crippen molar-refractivity contribution in [2.75, 3.05) is 25.0 Å². The SMILES string of the molecule is Cc1cccc(/C=C2\CNCC3(C2=O)[C@@H](c2cccc(C)c2)[C@@H]2CCCCN2[C@@]32C(=O)Nc3ccccc32)c1. The van der Waals surface area contributed by atoms with Gasteiger partial charge < -0.3 is 10.6 Å². The standard InChI is InChI=1S/C34H35N3O2/c1-22-9-7-11-24(17-22)19-26-20-35-21-33(31(26)38)30(25-12-8-10-23(2)18-25)29-15-5-6-16-37(29)34(33)27-13-3-4-14-28(27)36-32(34)39/h3-4,7-14,17-19,29-30,35H,5-6,15-16,20-21H2,1-2H3,(H,36,39)/b26-19+/t29-,30-,33?,34-/m0/s1. The molecule has 1 amide bonds. The van der Waals surface area contributed by atoms with Gasteiger partial charge in [0.25, 0.3) is 5.91 Å². The van der Waals surface area contributed by atoms with Crippen LogP contribution >= 0.6 is 0 Å². The first-order valence-corrected chi connectivity index (χ1v) is 14.2. The van der Waals surface area contributed by atoms with Crippen LogP contribution in [-0.2, 0) is 15.1 Å². The van der Waals surface area contributed by atoms with E-state index < -0.39 is 11.0 Å². The highest BCUT2D eigenvalue weighted by Gasteiger charge is 2.77. The zero-order chi connectivity index (χ0) is 26.8. The minimum absolute atomic E-state index is 0.0577. The Morgan fingerprint density at radius 2 is 1.72 bits per heavy atom. The number of piperidine rings is 2. The fourth-order valence-electron chi connectivity index (χ4n) is 8.33. The lowest BCUT2D eigenvalue weighted by Gasteiger charge is -2.49. The number of rotatable bonds is 2. The Morgan fingerprint density at radius 3 is 2.54 bits per heavy atom. The van der Waals surface area contributed by atoms with E-state index in [0.29, 0.717) is 13.1 Å². The molecule has 198 valence electrons. The van der Waals surface area contributed by atoms with Gasteiger partial charge >= 0.3 is 0 Å². The summed E-state index contributed by atoms with van der Waals surface area (Å²) in [5.74, 6) is -0.0657. The molecule has 3 aromatic carbocycles. The lowest BCUT2D eigenvalue weighted by molar-refractivity contribution is -0.145. The highest BCUT2D eigenvalue weighted by molar-refractivity contribution is 6.16. The maximum Gasteiger partial charge on any atom is 0.250 e. The van der Waals surface area contributed by atoms with E-state index >= 15 is 4.79 Å². The van der Waals surface area contributed by atoms with E-state index in [2.05, 4.69) is 77.9 Å². The first-order chi connectivity index (χ1) is 19.0. The Balaban J connectivity index is 1.52. The van der Waals surface area contributed by atoms with Crippen molar-refractivity contribution in [1.29, 1.82) is 0 Å². The molecule has 0 aliphatic carbocycles.